The second kappa shape index (κ2) is 10.7. The van der Waals surface area contributed by atoms with Gasteiger partial charge in [0.15, 0.2) is 0 Å². The third kappa shape index (κ3) is 6.14. The van der Waals surface area contributed by atoms with Crippen molar-refractivity contribution < 1.29 is 27.5 Å². The topological polar surface area (TPSA) is 114 Å². The molecule has 0 unspecified atom stereocenters. The Morgan fingerprint density at radius 3 is 2.64 bits per heavy atom. The van der Waals surface area contributed by atoms with Gasteiger partial charge in [0.2, 0.25) is 10.0 Å². The summed E-state index contributed by atoms with van der Waals surface area (Å²) >= 11 is 6.05. The fourth-order valence-corrected chi connectivity index (χ4v) is 4.08. The van der Waals surface area contributed by atoms with Gasteiger partial charge in [0.05, 0.1) is 28.8 Å². The molecule has 0 atom stereocenters. The first-order chi connectivity index (χ1) is 13.4. The van der Waals surface area contributed by atoms with Crippen LogP contribution in [0.2, 0.25) is 5.02 Å². The molecule has 1 aliphatic rings. The summed E-state index contributed by atoms with van der Waals surface area (Å²) in [6.07, 6.45) is 0.570. The summed E-state index contributed by atoms with van der Waals surface area (Å²) in [6.45, 7) is 4.34. The Morgan fingerprint density at radius 1 is 1.25 bits per heavy atom. The van der Waals surface area contributed by atoms with E-state index in [2.05, 4.69) is 10.6 Å². The van der Waals surface area contributed by atoms with Crippen LogP contribution in [0.5, 0.6) is 0 Å². The van der Waals surface area contributed by atoms with E-state index in [4.69, 9.17) is 21.1 Å². The Morgan fingerprint density at radius 2 is 1.96 bits per heavy atom. The quantitative estimate of drug-likeness (QED) is 0.464. The second-order valence-corrected chi connectivity index (χ2v) is 8.26. The molecule has 1 saturated heterocycles. The molecule has 0 bridgehead atoms. The summed E-state index contributed by atoms with van der Waals surface area (Å²) in [7, 11) is -3.75. The summed E-state index contributed by atoms with van der Waals surface area (Å²) in [5.74, 6) is -1.77. The van der Waals surface area contributed by atoms with Gasteiger partial charge in [-0.1, -0.05) is 11.6 Å². The predicted molar refractivity (Wildman–Crippen MR) is 104 cm³/mol. The van der Waals surface area contributed by atoms with E-state index in [0.717, 1.165) is 0 Å². The number of carbonyl (C=O) groups is 2. The number of halogens is 1. The zero-order chi connectivity index (χ0) is 20.6. The lowest BCUT2D eigenvalue weighted by Crippen LogP contribution is -2.40. The second-order valence-electron chi connectivity index (χ2n) is 5.92. The molecule has 28 heavy (non-hydrogen) atoms. The molecular weight excluding hydrogens is 410 g/mol. The number of nitrogens with zero attached hydrogens (tertiary/aromatic N) is 1. The molecule has 1 aromatic carbocycles. The fraction of sp³-hybridized carbons (Fsp3) is 0.529. The lowest BCUT2D eigenvalue weighted by molar-refractivity contribution is -0.136. The molecule has 2 N–H and O–H groups in total. The minimum atomic E-state index is -3.75. The highest BCUT2D eigenvalue weighted by molar-refractivity contribution is 7.89. The standard InChI is InChI=1S/C17H24ClN3O6S/c1-2-26-9-3-6-19-16(22)17(23)20-15-12-13(4-5-14(15)18)28(24,25)21-7-10-27-11-8-21/h4-5,12H,2-3,6-11H2,1H3,(H,19,22)(H,20,23). The summed E-state index contributed by atoms with van der Waals surface area (Å²) in [6, 6.07) is 3.97. The van der Waals surface area contributed by atoms with Gasteiger partial charge in [-0.05, 0) is 31.5 Å². The van der Waals surface area contributed by atoms with Crippen LogP contribution in [-0.2, 0) is 29.1 Å². The first-order valence-electron chi connectivity index (χ1n) is 8.90. The first kappa shape index (κ1) is 22.6. The van der Waals surface area contributed by atoms with E-state index in [1.54, 1.807) is 0 Å². The molecule has 0 aliphatic carbocycles. The minimum absolute atomic E-state index is 0.0220. The molecule has 1 heterocycles. The largest absolute Gasteiger partial charge is 0.382 e. The summed E-state index contributed by atoms with van der Waals surface area (Å²) in [4.78, 5) is 23.9. The van der Waals surface area contributed by atoms with Crippen LogP contribution in [0.15, 0.2) is 23.1 Å². The lowest BCUT2D eigenvalue weighted by Gasteiger charge is -2.26. The third-order valence-corrected chi connectivity index (χ3v) is 6.18. The van der Waals surface area contributed by atoms with Crippen molar-refractivity contribution in [3.63, 3.8) is 0 Å². The number of sulfonamides is 1. The maximum atomic E-state index is 12.7. The van der Waals surface area contributed by atoms with Gasteiger partial charge in [0.1, 0.15) is 0 Å². The molecule has 2 rings (SSSR count). The highest BCUT2D eigenvalue weighted by Gasteiger charge is 2.27. The van der Waals surface area contributed by atoms with Crippen molar-refractivity contribution in [3.8, 4) is 0 Å². The molecule has 1 aliphatic heterocycles. The van der Waals surface area contributed by atoms with E-state index in [9.17, 15) is 18.0 Å². The van der Waals surface area contributed by atoms with Crippen LogP contribution in [0.4, 0.5) is 5.69 Å². The normalized spacial score (nSPS) is 15.2. The summed E-state index contributed by atoms with van der Waals surface area (Å²) < 4.78 is 37.1. The molecule has 9 nitrogen and oxygen atoms in total. The Kier molecular flexibility index (Phi) is 8.64. The Hall–Kier alpha value is -1.72. The van der Waals surface area contributed by atoms with Gasteiger partial charge < -0.3 is 20.1 Å². The summed E-state index contributed by atoms with van der Waals surface area (Å²) in [5, 5.41) is 4.94. The van der Waals surface area contributed by atoms with E-state index in [1.807, 2.05) is 6.92 Å². The monoisotopic (exact) mass is 433 g/mol. The van der Waals surface area contributed by atoms with Crippen LogP contribution in [0.1, 0.15) is 13.3 Å². The lowest BCUT2D eigenvalue weighted by atomic mass is 10.3. The van der Waals surface area contributed by atoms with Gasteiger partial charge in [-0.25, -0.2) is 8.42 Å². The van der Waals surface area contributed by atoms with Crippen LogP contribution in [0.25, 0.3) is 0 Å². The smallest absolute Gasteiger partial charge is 0.313 e. The zero-order valence-electron chi connectivity index (χ0n) is 15.6. The predicted octanol–water partition coefficient (Wildman–Crippen LogP) is 0.842. The van der Waals surface area contributed by atoms with Gasteiger partial charge in [-0.3, -0.25) is 9.59 Å². The molecule has 0 saturated carbocycles. The van der Waals surface area contributed by atoms with E-state index in [1.165, 1.54) is 22.5 Å². The maximum Gasteiger partial charge on any atom is 0.313 e. The van der Waals surface area contributed by atoms with Crippen LogP contribution < -0.4 is 10.6 Å². The van der Waals surface area contributed by atoms with E-state index in [0.29, 0.717) is 32.8 Å². The van der Waals surface area contributed by atoms with Crippen molar-refractivity contribution in [2.45, 2.75) is 18.2 Å². The van der Waals surface area contributed by atoms with Gasteiger partial charge in [0, 0.05) is 32.8 Å². The van der Waals surface area contributed by atoms with Gasteiger partial charge in [-0.2, -0.15) is 4.31 Å². The molecule has 1 fully saturated rings. The van der Waals surface area contributed by atoms with Crippen molar-refractivity contribution in [1.29, 1.82) is 0 Å². The average Bonchev–Trinajstić information content (AvgIpc) is 2.69. The molecule has 0 aromatic heterocycles. The van der Waals surface area contributed by atoms with Crippen molar-refractivity contribution in [3.05, 3.63) is 23.2 Å². The molecule has 156 valence electrons. The molecular formula is C17H24ClN3O6S. The van der Waals surface area contributed by atoms with E-state index in [-0.39, 0.29) is 35.2 Å². The van der Waals surface area contributed by atoms with Crippen LogP contribution in [0, 0.1) is 0 Å². The molecule has 1 aromatic rings. The average molecular weight is 434 g/mol. The van der Waals surface area contributed by atoms with Gasteiger partial charge >= 0.3 is 11.8 Å². The number of carbonyl (C=O) groups excluding carboxylic acids is 2. The Labute approximate surface area is 169 Å². The van der Waals surface area contributed by atoms with Crippen molar-refractivity contribution in [2.24, 2.45) is 0 Å². The first-order valence-corrected chi connectivity index (χ1v) is 10.7. The van der Waals surface area contributed by atoms with Crippen molar-refractivity contribution in [2.75, 3.05) is 51.4 Å². The zero-order valence-corrected chi connectivity index (χ0v) is 17.1. The molecule has 2 amide bonds. The molecule has 0 spiro atoms. The van der Waals surface area contributed by atoms with Crippen molar-refractivity contribution >= 4 is 39.1 Å². The van der Waals surface area contributed by atoms with Crippen molar-refractivity contribution in [1.82, 2.24) is 9.62 Å². The number of nitrogens with one attached hydrogen (secondary N) is 2. The Bertz CT molecular complexity index is 796. The third-order valence-electron chi connectivity index (χ3n) is 3.96. The number of morpholine rings is 1. The number of rotatable bonds is 8. The van der Waals surface area contributed by atoms with Gasteiger partial charge in [0.25, 0.3) is 0 Å². The highest BCUT2D eigenvalue weighted by Crippen LogP contribution is 2.27. The maximum absolute atomic E-state index is 12.7. The molecule has 11 heteroatoms. The number of hydrogen-bond acceptors (Lipinski definition) is 6. The van der Waals surface area contributed by atoms with Crippen LogP contribution in [0.3, 0.4) is 0 Å². The highest BCUT2D eigenvalue weighted by atomic mass is 35.5. The van der Waals surface area contributed by atoms with Gasteiger partial charge in [-0.15, -0.1) is 0 Å². The molecule has 0 radical (unpaired) electrons. The van der Waals surface area contributed by atoms with Crippen LogP contribution in [-0.4, -0.2) is 70.6 Å². The van der Waals surface area contributed by atoms with E-state index < -0.39 is 21.8 Å². The number of amides is 2. The number of anilines is 1. The van der Waals surface area contributed by atoms with Crippen LogP contribution >= 0.6 is 11.6 Å². The summed E-state index contributed by atoms with van der Waals surface area (Å²) in [5.41, 5.74) is 0.0467. The number of benzene rings is 1. The SMILES string of the molecule is CCOCCCNC(=O)C(=O)Nc1cc(S(=O)(=O)N2CCOCC2)ccc1Cl. The number of ether oxygens (including phenoxy) is 2. The number of hydrogen-bond donors (Lipinski definition) is 2. The Balaban J connectivity index is 2.02. The minimum Gasteiger partial charge on any atom is -0.382 e. The fourth-order valence-electron chi connectivity index (χ4n) is 2.48. The van der Waals surface area contributed by atoms with E-state index >= 15 is 0 Å².